The number of fused-ring (bicyclic) bond motifs is 1. The highest BCUT2D eigenvalue weighted by molar-refractivity contribution is 5.93. The molecule has 0 N–H and O–H groups in total. The minimum atomic E-state index is 0.114. The second-order valence-electron chi connectivity index (χ2n) is 8.92. The van der Waals surface area contributed by atoms with E-state index in [1.54, 1.807) is 7.11 Å². The van der Waals surface area contributed by atoms with Gasteiger partial charge in [0.15, 0.2) is 0 Å². The number of likely N-dealkylation sites (tertiary alicyclic amines) is 1. The zero-order valence-electron chi connectivity index (χ0n) is 17.4. The standard InChI is InChI=1S/C22H36N4O2/c1-28-14-13-25-11-6-12-26-21(22(25)27)15-20(23-26)19-9-5-10-24(17-19)16-18-7-3-2-4-8-18/h15,18-19H,2-14,16-17H2,1H3. The van der Waals surface area contributed by atoms with Crippen molar-refractivity contribution in [3.8, 4) is 0 Å². The van der Waals surface area contributed by atoms with Gasteiger partial charge in [-0.15, -0.1) is 0 Å². The molecule has 1 atom stereocenters. The Balaban J connectivity index is 1.42. The third-order valence-electron chi connectivity index (χ3n) is 6.83. The van der Waals surface area contributed by atoms with Crippen LogP contribution in [-0.2, 0) is 11.3 Å². The second kappa shape index (κ2) is 9.40. The number of hydrogen-bond acceptors (Lipinski definition) is 4. The SMILES string of the molecule is COCCN1CCCn2nc(C3CCCN(CC4CCCCC4)C3)cc2C1=O. The van der Waals surface area contributed by atoms with E-state index in [1.807, 2.05) is 9.58 Å². The predicted molar refractivity (Wildman–Crippen MR) is 110 cm³/mol. The summed E-state index contributed by atoms with van der Waals surface area (Å²) in [7, 11) is 1.69. The Labute approximate surface area is 169 Å². The van der Waals surface area contributed by atoms with E-state index in [-0.39, 0.29) is 5.91 Å². The molecule has 4 rings (SSSR count). The molecule has 1 aromatic rings. The van der Waals surface area contributed by atoms with E-state index in [2.05, 4.69) is 11.0 Å². The van der Waals surface area contributed by atoms with Gasteiger partial charge in [-0.25, -0.2) is 0 Å². The van der Waals surface area contributed by atoms with Crippen LogP contribution >= 0.6 is 0 Å². The molecule has 6 heteroatoms. The van der Waals surface area contributed by atoms with Crippen molar-refractivity contribution in [1.82, 2.24) is 19.6 Å². The van der Waals surface area contributed by atoms with Gasteiger partial charge in [0.05, 0.1) is 12.3 Å². The summed E-state index contributed by atoms with van der Waals surface area (Å²) in [5.74, 6) is 1.47. The quantitative estimate of drug-likeness (QED) is 0.751. The number of ether oxygens (including phenoxy) is 1. The number of amides is 1. The summed E-state index contributed by atoms with van der Waals surface area (Å²) in [5.41, 5.74) is 1.90. The van der Waals surface area contributed by atoms with Crippen LogP contribution in [0.5, 0.6) is 0 Å². The molecular weight excluding hydrogens is 352 g/mol. The number of aryl methyl sites for hydroxylation is 1. The highest BCUT2D eigenvalue weighted by Crippen LogP contribution is 2.30. The smallest absolute Gasteiger partial charge is 0.272 e. The Morgan fingerprint density at radius 2 is 1.93 bits per heavy atom. The van der Waals surface area contributed by atoms with Crippen LogP contribution in [-0.4, -0.2) is 71.9 Å². The summed E-state index contributed by atoms with van der Waals surface area (Å²) in [4.78, 5) is 17.6. The van der Waals surface area contributed by atoms with Gasteiger partial charge in [0.2, 0.25) is 0 Å². The zero-order valence-corrected chi connectivity index (χ0v) is 17.4. The van der Waals surface area contributed by atoms with Gasteiger partial charge in [0.1, 0.15) is 5.69 Å². The van der Waals surface area contributed by atoms with Crippen molar-refractivity contribution in [2.45, 2.75) is 63.8 Å². The van der Waals surface area contributed by atoms with E-state index in [1.165, 1.54) is 58.0 Å². The van der Waals surface area contributed by atoms with Crippen molar-refractivity contribution >= 4 is 5.91 Å². The predicted octanol–water partition coefficient (Wildman–Crippen LogP) is 3.14. The van der Waals surface area contributed by atoms with E-state index in [0.717, 1.165) is 43.4 Å². The fourth-order valence-corrected chi connectivity index (χ4v) is 5.27. The number of rotatable bonds is 6. The normalized spacial score (nSPS) is 25.0. The maximum Gasteiger partial charge on any atom is 0.272 e. The molecule has 1 saturated carbocycles. The van der Waals surface area contributed by atoms with Crippen LogP contribution in [0, 0.1) is 5.92 Å². The molecule has 0 radical (unpaired) electrons. The molecule has 0 aromatic carbocycles. The summed E-state index contributed by atoms with van der Waals surface area (Å²) >= 11 is 0. The largest absolute Gasteiger partial charge is 0.383 e. The molecule has 1 saturated heterocycles. The Morgan fingerprint density at radius 1 is 1.07 bits per heavy atom. The molecule has 2 fully saturated rings. The summed E-state index contributed by atoms with van der Waals surface area (Å²) < 4.78 is 7.14. The van der Waals surface area contributed by atoms with Crippen LogP contribution in [0.4, 0.5) is 0 Å². The molecular formula is C22H36N4O2. The van der Waals surface area contributed by atoms with Gasteiger partial charge in [-0.05, 0) is 50.6 Å². The Hall–Kier alpha value is -1.40. The Morgan fingerprint density at radius 3 is 2.75 bits per heavy atom. The third kappa shape index (κ3) is 4.60. The molecule has 1 unspecified atom stereocenters. The van der Waals surface area contributed by atoms with Crippen molar-refractivity contribution in [2.75, 3.05) is 46.4 Å². The van der Waals surface area contributed by atoms with Crippen molar-refractivity contribution in [2.24, 2.45) is 5.92 Å². The van der Waals surface area contributed by atoms with Gasteiger partial charge in [0, 0.05) is 45.8 Å². The number of carbonyl (C=O) groups excluding carboxylic acids is 1. The fourth-order valence-electron chi connectivity index (χ4n) is 5.27. The second-order valence-corrected chi connectivity index (χ2v) is 8.92. The van der Waals surface area contributed by atoms with E-state index in [0.29, 0.717) is 19.1 Å². The van der Waals surface area contributed by atoms with E-state index in [9.17, 15) is 4.79 Å². The summed E-state index contributed by atoms with van der Waals surface area (Å²) in [6.45, 7) is 6.47. The Bertz CT molecular complexity index is 653. The van der Waals surface area contributed by atoms with Crippen LogP contribution in [0.15, 0.2) is 6.07 Å². The van der Waals surface area contributed by atoms with E-state index >= 15 is 0 Å². The first-order chi connectivity index (χ1) is 13.7. The molecule has 3 aliphatic rings. The minimum absolute atomic E-state index is 0.114. The van der Waals surface area contributed by atoms with Gasteiger partial charge in [0.25, 0.3) is 5.91 Å². The Kier molecular flexibility index (Phi) is 6.68. The maximum absolute atomic E-state index is 13.0. The topological polar surface area (TPSA) is 50.6 Å². The highest BCUT2D eigenvalue weighted by atomic mass is 16.5. The molecule has 2 aliphatic heterocycles. The van der Waals surface area contributed by atoms with E-state index in [4.69, 9.17) is 9.84 Å². The molecule has 0 bridgehead atoms. The molecule has 1 aliphatic carbocycles. The molecule has 1 aromatic heterocycles. The van der Waals surface area contributed by atoms with Gasteiger partial charge >= 0.3 is 0 Å². The zero-order chi connectivity index (χ0) is 19.3. The van der Waals surface area contributed by atoms with Crippen molar-refractivity contribution in [3.05, 3.63) is 17.5 Å². The van der Waals surface area contributed by atoms with Crippen molar-refractivity contribution in [3.63, 3.8) is 0 Å². The van der Waals surface area contributed by atoms with Crippen molar-refractivity contribution < 1.29 is 9.53 Å². The lowest BCUT2D eigenvalue weighted by Gasteiger charge is -2.35. The van der Waals surface area contributed by atoms with Gasteiger partial charge in [-0.2, -0.15) is 5.10 Å². The van der Waals surface area contributed by atoms with Gasteiger partial charge in [-0.1, -0.05) is 19.3 Å². The van der Waals surface area contributed by atoms with Crippen LogP contribution in [0.25, 0.3) is 0 Å². The average molecular weight is 389 g/mol. The minimum Gasteiger partial charge on any atom is -0.383 e. The number of piperidine rings is 1. The van der Waals surface area contributed by atoms with Gasteiger partial charge in [-0.3, -0.25) is 9.48 Å². The maximum atomic E-state index is 13.0. The highest BCUT2D eigenvalue weighted by Gasteiger charge is 2.29. The number of methoxy groups -OCH3 is 1. The third-order valence-corrected chi connectivity index (χ3v) is 6.83. The number of hydrogen-bond donors (Lipinski definition) is 0. The number of carbonyl (C=O) groups is 1. The summed E-state index contributed by atoms with van der Waals surface area (Å²) in [5, 5.41) is 4.89. The van der Waals surface area contributed by atoms with Crippen LogP contribution in [0.2, 0.25) is 0 Å². The van der Waals surface area contributed by atoms with Crippen molar-refractivity contribution in [1.29, 1.82) is 0 Å². The lowest BCUT2D eigenvalue weighted by atomic mass is 9.87. The monoisotopic (exact) mass is 388 g/mol. The fraction of sp³-hybridized carbons (Fsp3) is 0.818. The first-order valence-electron chi connectivity index (χ1n) is 11.3. The van der Waals surface area contributed by atoms with E-state index < -0.39 is 0 Å². The first-order valence-corrected chi connectivity index (χ1v) is 11.3. The molecule has 28 heavy (non-hydrogen) atoms. The van der Waals surface area contributed by atoms with Crippen LogP contribution < -0.4 is 0 Å². The molecule has 0 spiro atoms. The number of aromatic nitrogens is 2. The lowest BCUT2D eigenvalue weighted by molar-refractivity contribution is 0.0698. The van der Waals surface area contributed by atoms with Crippen LogP contribution in [0.1, 0.15) is 73.5 Å². The first kappa shape index (κ1) is 19.9. The molecule has 6 nitrogen and oxygen atoms in total. The summed E-state index contributed by atoms with van der Waals surface area (Å²) in [6.07, 6.45) is 10.5. The van der Waals surface area contributed by atoms with Gasteiger partial charge < -0.3 is 14.5 Å². The summed E-state index contributed by atoms with van der Waals surface area (Å²) in [6, 6.07) is 2.09. The average Bonchev–Trinajstić information content (AvgIpc) is 3.09. The number of nitrogens with zero attached hydrogens (tertiary/aromatic N) is 4. The molecule has 156 valence electrons. The lowest BCUT2D eigenvalue weighted by Crippen LogP contribution is -2.38. The van der Waals surface area contributed by atoms with Crippen LogP contribution in [0.3, 0.4) is 0 Å². The molecule has 1 amide bonds. The molecule has 3 heterocycles.